The van der Waals surface area contributed by atoms with Crippen LogP contribution in [0.4, 0.5) is 9.59 Å². The Bertz CT molecular complexity index is 1130. The normalized spacial score (nSPS) is 20.4. The van der Waals surface area contributed by atoms with Crippen molar-refractivity contribution in [3.05, 3.63) is 58.7 Å². The molecule has 0 saturated heterocycles. The van der Waals surface area contributed by atoms with Crippen LogP contribution in [0.25, 0.3) is 0 Å². The molecule has 0 heterocycles. The lowest BCUT2D eigenvalue weighted by Gasteiger charge is -2.46. The smallest absolute Gasteiger partial charge is 0.410 e. The van der Waals surface area contributed by atoms with Crippen LogP contribution in [0, 0.1) is 10.8 Å². The molecule has 6 nitrogen and oxygen atoms in total. The van der Waals surface area contributed by atoms with E-state index in [1.54, 1.807) is 0 Å². The lowest BCUT2D eigenvalue weighted by Crippen LogP contribution is -2.51. The molecule has 208 valence electrons. The third kappa shape index (κ3) is 7.99. The highest BCUT2D eigenvalue weighted by Crippen LogP contribution is 2.45. The third-order valence-electron chi connectivity index (χ3n) is 7.66. The summed E-state index contributed by atoms with van der Waals surface area (Å²) in [5.74, 6) is 1.22. The molecule has 0 aromatic heterocycles. The van der Waals surface area contributed by atoms with Crippen molar-refractivity contribution >= 4 is 12.2 Å². The van der Waals surface area contributed by atoms with E-state index in [9.17, 15) is 9.59 Å². The number of aryl methyl sites for hydroxylation is 4. The van der Waals surface area contributed by atoms with Gasteiger partial charge in [-0.2, -0.15) is 0 Å². The molecule has 0 aliphatic heterocycles. The molecular weight excluding hydrogens is 476 g/mol. The molecular formula is C32H46N2O4. The lowest BCUT2D eigenvalue weighted by molar-refractivity contribution is 0.0701. The molecule has 2 aromatic rings. The van der Waals surface area contributed by atoms with Crippen LogP contribution in [0.5, 0.6) is 11.5 Å². The largest absolute Gasteiger partial charge is 0.412 e. The average molecular weight is 523 g/mol. The quantitative estimate of drug-likeness (QED) is 0.360. The van der Waals surface area contributed by atoms with Crippen molar-refractivity contribution in [3.8, 4) is 11.5 Å². The van der Waals surface area contributed by atoms with E-state index >= 15 is 0 Å². The van der Waals surface area contributed by atoms with Crippen LogP contribution in [0.3, 0.4) is 0 Å². The minimum Gasteiger partial charge on any atom is -0.410 e. The number of rotatable bonds is 9. The van der Waals surface area contributed by atoms with Gasteiger partial charge in [-0.15, -0.1) is 0 Å². The first-order valence-corrected chi connectivity index (χ1v) is 14.2. The summed E-state index contributed by atoms with van der Waals surface area (Å²) in [5.41, 5.74) is 4.32. The number of carbonyl (C=O) groups is 2. The van der Waals surface area contributed by atoms with Crippen molar-refractivity contribution in [2.45, 2.75) is 99.5 Å². The fourth-order valence-electron chi connectivity index (χ4n) is 6.05. The molecule has 0 bridgehead atoms. The molecule has 6 heteroatoms. The Labute approximate surface area is 228 Å². The Morgan fingerprint density at radius 3 is 1.82 bits per heavy atom. The van der Waals surface area contributed by atoms with E-state index in [0.29, 0.717) is 18.0 Å². The Morgan fingerprint density at radius 2 is 1.32 bits per heavy atom. The summed E-state index contributed by atoms with van der Waals surface area (Å²) in [7, 11) is 0. The van der Waals surface area contributed by atoms with Crippen LogP contribution in [0.1, 0.15) is 90.0 Å². The number of amides is 2. The van der Waals surface area contributed by atoms with E-state index in [0.717, 1.165) is 56.1 Å². The zero-order chi connectivity index (χ0) is 27.9. The van der Waals surface area contributed by atoms with Gasteiger partial charge in [-0.05, 0) is 90.2 Å². The molecule has 1 aliphatic carbocycles. The first-order chi connectivity index (χ1) is 18.0. The van der Waals surface area contributed by atoms with Crippen molar-refractivity contribution in [3.63, 3.8) is 0 Å². The van der Waals surface area contributed by atoms with Gasteiger partial charge in [0, 0.05) is 12.6 Å². The molecule has 2 unspecified atom stereocenters. The molecule has 1 fully saturated rings. The van der Waals surface area contributed by atoms with Crippen molar-refractivity contribution in [2.75, 3.05) is 6.54 Å². The van der Waals surface area contributed by atoms with Crippen molar-refractivity contribution < 1.29 is 19.1 Å². The summed E-state index contributed by atoms with van der Waals surface area (Å²) in [4.78, 5) is 25.6. The summed E-state index contributed by atoms with van der Waals surface area (Å²) in [5, 5.41) is 6.10. The molecule has 2 atom stereocenters. The fourth-order valence-corrected chi connectivity index (χ4v) is 6.05. The second-order valence-electron chi connectivity index (χ2n) is 11.8. The monoisotopic (exact) mass is 522 g/mol. The topological polar surface area (TPSA) is 76.7 Å². The van der Waals surface area contributed by atoms with Gasteiger partial charge in [0.2, 0.25) is 0 Å². The molecule has 3 rings (SSSR count). The number of hydrogen-bond acceptors (Lipinski definition) is 4. The van der Waals surface area contributed by atoms with E-state index in [2.05, 4.69) is 71.2 Å². The van der Waals surface area contributed by atoms with Gasteiger partial charge >= 0.3 is 12.2 Å². The number of hydrogen-bond donors (Lipinski definition) is 2. The summed E-state index contributed by atoms with van der Waals surface area (Å²) < 4.78 is 11.4. The minimum absolute atomic E-state index is 0.000746. The van der Waals surface area contributed by atoms with Crippen molar-refractivity contribution in [1.29, 1.82) is 0 Å². The molecule has 0 radical (unpaired) electrons. The van der Waals surface area contributed by atoms with Gasteiger partial charge in [0.15, 0.2) is 0 Å². The zero-order valence-corrected chi connectivity index (χ0v) is 24.3. The highest BCUT2D eigenvalue weighted by molar-refractivity contribution is 5.72. The van der Waals surface area contributed by atoms with Crippen molar-refractivity contribution in [1.82, 2.24) is 10.6 Å². The molecule has 2 amide bonds. The van der Waals surface area contributed by atoms with E-state index in [4.69, 9.17) is 9.47 Å². The lowest BCUT2D eigenvalue weighted by atomic mass is 9.62. The van der Waals surface area contributed by atoms with Crippen LogP contribution in [0.15, 0.2) is 36.4 Å². The SMILES string of the molecule is CCc1ccc(OC(=O)NCC2(C)CC(NC(=O)Oc3ccc(CC)cc3CC)CC(C)(C)C2)c(CC)c1. The van der Waals surface area contributed by atoms with Gasteiger partial charge in [-0.3, -0.25) is 0 Å². The Hall–Kier alpha value is -3.02. The summed E-state index contributed by atoms with van der Waals surface area (Å²) in [6.07, 6.45) is 5.14. The van der Waals surface area contributed by atoms with Gasteiger partial charge in [0.25, 0.3) is 0 Å². The van der Waals surface area contributed by atoms with Gasteiger partial charge in [0.05, 0.1) is 0 Å². The van der Waals surface area contributed by atoms with Gasteiger partial charge in [-0.1, -0.05) is 72.7 Å². The number of nitrogens with one attached hydrogen (secondary N) is 2. The molecule has 2 N–H and O–H groups in total. The minimum atomic E-state index is -0.444. The average Bonchev–Trinajstić information content (AvgIpc) is 2.86. The van der Waals surface area contributed by atoms with Crippen LogP contribution in [-0.4, -0.2) is 24.8 Å². The van der Waals surface area contributed by atoms with E-state index in [1.165, 1.54) is 11.1 Å². The number of ether oxygens (including phenoxy) is 2. The van der Waals surface area contributed by atoms with Gasteiger partial charge in [-0.25, -0.2) is 9.59 Å². The maximum absolute atomic E-state index is 12.9. The maximum atomic E-state index is 12.9. The molecule has 1 aliphatic rings. The van der Waals surface area contributed by atoms with E-state index < -0.39 is 12.2 Å². The molecule has 38 heavy (non-hydrogen) atoms. The second-order valence-corrected chi connectivity index (χ2v) is 11.8. The van der Waals surface area contributed by atoms with E-state index in [1.807, 2.05) is 24.3 Å². The highest BCUT2D eigenvalue weighted by atomic mass is 16.6. The first kappa shape index (κ1) is 29.5. The number of carbonyl (C=O) groups excluding carboxylic acids is 2. The Balaban J connectivity index is 1.61. The Morgan fingerprint density at radius 1 is 0.789 bits per heavy atom. The predicted molar refractivity (Wildman–Crippen MR) is 153 cm³/mol. The summed E-state index contributed by atoms with van der Waals surface area (Å²) >= 11 is 0. The Kier molecular flexibility index (Phi) is 9.86. The highest BCUT2D eigenvalue weighted by Gasteiger charge is 2.42. The van der Waals surface area contributed by atoms with Crippen LogP contribution < -0.4 is 20.1 Å². The predicted octanol–water partition coefficient (Wildman–Crippen LogP) is 7.40. The molecule has 1 saturated carbocycles. The molecule has 2 aromatic carbocycles. The second kappa shape index (κ2) is 12.7. The molecule has 0 spiro atoms. The summed E-state index contributed by atoms with van der Waals surface area (Å²) in [6.45, 7) is 15.4. The van der Waals surface area contributed by atoms with Crippen LogP contribution in [0.2, 0.25) is 0 Å². The number of benzene rings is 2. The van der Waals surface area contributed by atoms with Crippen molar-refractivity contribution in [2.24, 2.45) is 10.8 Å². The van der Waals surface area contributed by atoms with E-state index in [-0.39, 0.29) is 16.9 Å². The van der Waals surface area contributed by atoms with Crippen LogP contribution in [-0.2, 0) is 25.7 Å². The third-order valence-corrected chi connectivity index (χ3v) is 7.66. The van der Waals surface area contributed by atoms with Gasteiger partial charge in [0.1, 0.15) is 11.5 Å². The zero-order valence-electron chi connectivity index (χ0n) is 24.3. The van der Waals surface area contributed by atoms with Crippen LogP contribution >= 0.6 is 0 Å². The van der Waals surface area contributed by atoms with Gasteiger partial charge < -0.3 is 20.1 Å². The standard InChI is InChI=1S/C32H46N2O4/c1-8-22-12-14-27(24(10-3)16-22)37-29(35)33-21-32(7)19-26(18-31(5,6)20-32)34-30(36)38-28-15-13-23(9-2)17-25(28)11-4/h12-17,26H,8-11,18-21H2,1-7H3,(H,33,35)(H,34,36). The maximum Gasteiger partial charge on any atom is 0.412 e. The fraction of sp³-hybridized carbons (Fsp3) is 0.562. The first-order valence-electron chi connectivity index (χ1n) is 14.2. The summed E-state index contributed by atoms with van der Waals surface area (Å²) in [6, 6.07) is 11.9.